The molecule has 0 aliphatic heterocycles. The molecule has 1 aromatic heterocycles. The summed E-state index contributed by atoms with van der Waals surface area (Å²) in [6.07, 6.45) is 2.40. The summed E-state index contributed by atoms with van der Waals surface area (Å²) in [6.45, 7) is 0.0190. The zero-order chi connectivity index (χ0) is 8.27. The van der Waals surface area contributed by atoms with Crippen LogP contribution >= 0.6 is 0 Å². The molecule has 1 unspecified atom stereocenters. The molecule has 0 aromatic carbocycles. The maximum atomic E-state index is 8.67. The molecule has 1 aromatic rings. The predicted octanol–water partition coefficient (Wildman–Crippen LogP) is -0.718. The first kappa shape index (κ1) is 8.23. The molecule has 0 spiro atoms. The van der Waals surface area contributed by atoms with Gasteiger partial charge in [0.25, 0.3) is 0 Å². The van der Waals surface area contributed by atoms with Gasteiger partial charge in [-0.15, -0.1) is 0 Å². The molecule has 4 heteroatoms. The number of rotatable bonds is 3. The predicted molar refractivity (Wildman–Crippen MR) is 42.0 cm³/mol. The minimum absolute atomic E-state index is 0.0190. The number of hydrogen-bond acceptors (Lipinski definition) is 3. The van der Waals surface area contributed by atoms with Gasteiger partial charge in [0, 0.05) is 31.4 Å². The van der Waals surface area contributed by atoms with Crippen molar-refractivity contribution in [2.75, 3.05) is 6.61 Å². The van der Waals surface area contributed by atoms with Gasteiger partial charge in [0.2, 0.25) is 0 Å². The Morgan fingerprint density at radius 3 is 3.00 bits per heavy atom. The Labute approximate surface area is 65.6 Å². The molecule has 11 heavy (non-hydrogen) atoms. The largest absolute Gasteiger partial charge is 0.395 e. The molecule has 0 fully saturated rings. The van der Waals surface area contributed by atoms with Crippen LogP contribution in [0.1, 0.15) is 5.69 Å². The zero-order valence-electron chi connectivity index (χ0n) is 6.57. The maximum Gasteiger partial charge on any atom is 0.0586 e. The number of hydrogen-bond donors (Lipinski definition) is 2. The molecule has 0 bridgehead atoms. The first-order chi connectivity index (χ1) is 5.24. The lowest BCUT2D eigenvalue weighted by atomic mass is 10.2. The molecule has 3 N–H and O–H groups in total. The van der Waals surface area contributed by atoms with E-state index in [1.165, 1.54) is 0 Å². The van der Waals surface area contributed by atoms with E-state index in [4.69, 9.17) is 10.8 Å². The lowest BCUT2D eigenvalue weighted by molar-refractivity contribution is 0.264. The molecule has 0 aliphatic carbocycles. The van der Waals surface area contributed by atoms with Gasteiger partial charge < -0.3 is 10.8 Å². The van der Waals surface area contributed by atoms with Crippen molar-refractivity contribution in [3.8, 4) is 0 Å². The summed E-state index contributed by atoms with van der Waals surface area (Å²) in [7, 11) is 1.86. The van der Waals surface area contributed by atoms with Crippen LogP contribution in [0.25, 0.3) is 0 Å². The minimum atomic E-state index is -0.176. The van der Waals surface area contributed by atoms with Gasteiger partial charge in [-0.2, -0.15) is 5.10 Å². The molecule has 62 valence electrons. The van der Waals surface area contributed by atoms with Crippen molar-refractivity contribution >= 4 is 0 Å². The third-order valence-corrected chi connectivity index (χ3v) is 1.63. The van der Waals surface area contributed by atoms with Crippen molar-refractivity contribution in [1.82, 2.24) is 9.78 Å². The molecule has 4 nitrogen and oxygen atoms in total. The molecular weight excluding hydrogens is 142 g/mol. The summed E-state index contributed by atoms with van der Waals surface area (Å²) < 4.78 is 1.76. The molecule has 0 amide bonds. The highest BCUT2D eigenvalue weighted by Crippen LogP contribution is 1.98. The smallest absolute Gasteiger partial charge is 0.0586 e. The Morgan fingerprint density at radius 2 is 2.55 bits per heavy atom. The Bertz CT molecular complexity index is 221. The number of nitrogens with zero attached hydrogens (tertiary/aromatic N) is 2. The summed E-state index contributed by atoms with van der Waals surface area (Å²) >= 11 is 0. The molecule has 1 heterocycles. The van der Waals surface area contributed by atoms with E-state index >= 15 is 0 Å². The lowest BCUT2D eigenvalue weighted by Gasteiger charge is -2.06. The second-order valence-electron chi connectivity index (χ2n) is 2.59. The molecule has 1 rings (SSSR count). The Kier molecular flexibility index (Phi) is 2.62. The SMILES string of the molecule is Cn1nccc1CC(N)CO. The van der Waals surface area contributed by atoms with Crippen LogP contribution in [-0.2, 0) is 13.5 Å². The molecule has 1 atom stereocenters. The highest BCUT2D eigenvalue weighted by Gasteiger charge is 2.04. The molecule has 0 saturated carbocycles. The van der Waals surface area contributed by atoms with Gasteiger partial charge in [-0.25, -0.2) is 0 Å². The van der Waals surface area contributed by atoms with Gasteiger partial charge in [-0.3, -0.25) is 4.68 Å². The minimum Gasteiger partial charge on any atom is -0.395 e. The Hall–Kier alpha value is -0.870. The average Bonchev–Trinajstić information content (AvgIpc) is 2.37. The van der Waals surface area contributed by atoms with Crippen molar-refractivity contribution in [3.63, 3.8) is 0 Å². The molecule has 0 radical (unpaired) electrons. The normalized spacial score (nSPS) is 13.4. The van der Waals surface area contributed by atoms with Crippen molar-refractivity contribution in [2.45, 2.75) is 12.5 Å². The summed E-state index contributed by atoms with van der Waals surface area (Å²) in [5.74, 6) is 0. The topological polar surface area (TPSA) is 64.1 Å². The first-order valence-corrected chi connectivity index (χ1v) is 3.57. The van der Waals surface area contributed by atoms with Crippen LogP contribution in [0.4, 0.5) is 0 Å². The van der Waals surface area contributed by atoms with Crippen molar-refractivity contribution in [3.05, 3.63) is 18.0 Å². The van der Waals surface area contributed by atoms with Gasteiger partial charge in [0.05, 0.1) is 6.61 Å². The van der Waals surface area contributed by atoms with Crippen molar-refractivity contribution < 1.29 is 5.11 Å². The fraction of sp³-hybridized carbons (Fsp3) is 0.571. The Morgan fingerprint density at radius 1 is 1.82 bits per heavy atom. The van der Waals surface area contributed by atoms with E-state index in [0.717, 1.165) is 5.69 Å². The van der Waals surface area contributed by atoms with Crippen molar-refractivity contribution in [2.24, 2.45) is 12.8 Å². The number of aliphatic hydroxyl groups excluding tert-OH is 1. The van der Waals surface area contributed by atoms with Crippen LogP contribution in [0, 0.1) is 0 Å². The number of aliphatic hydroxyl groups is 1. The van der Waals surface area contributed by atoms with Crippen LogP contribution in [0.5, 0.6) is 0 Å². The fourth-order valence-electron chi connectivity index (χ4n) is 0.935. The summed E-state index contributed by atoms with van der Waals surface area (Å²) in [6, 6.07) is 1.72. The zero-order valence-corrected chi connectivity index (χ0v) is 6.57. The summed E-state index contributed by atoms with van der Waals surface area (Å²) in [5, 5.41) is 12.7. The van der Waals surface area contributed by atoms with Crippen LogP contribution < -0.4 is 5.73 Å². The van der Waals surface area contributed by atoms with Gasteiger partial charge >= 0.3 is 0 Å². The Balaban J connectivity index is 2.56. The van der Waals surface area contributed by atoms with E-state index in [-0.39, 0.29) is 12.6 Å². The number of nitrogens with two attached hydrogens (primary N) is 1. The van der Waals surface area contributed by atoms with Gasteiger partial charge in [0.15, 0.2) is 0 Å². The van der Waals surface area contributed by atoms with Crippen molar-refractivity contribution in [1.29, 1.82) is 0 Å². The average molecular weight is 155 g/mol. The van der Waals surface area contributed by atoms with E-state index in [9.17, 15) is 0 Å². The van der Waals surface area contributed by atoms with E-state index in [1.807, 2.05) is 13.1 Å². The van der Waals surface area contributed by atoms with E-state index in [1.54, 1.807) is 10.9 Å². The number of aromatic nitrogens is 2. The van der Waals surface area contributed by atoms with Crippen LogP contribution in [0.2, 0.25) is 0 Å². The third kappa shape index (κ3) is 2.03. The van der Waals surface area contributed by atoms with Crippen LogP contribution in [0.15, 0.2) is 12.3 Å². The monoisotopic (exact) mass is 155 g/mol. The maximum absolute atomic E-state index is 8.67. The molecule has 0 saturated heterocycles. The lowest BCUT2D eigenvalue weighted by Crippen LogP contribution is -2.27. The second kappa shape index (κ2) is 3.50. The van der Waals surface area contributed by atoms with Crippen LogP contribution in [0.3, 0.4) is 0 Å². The standard InChI is InChI=1S/C7H13N3O/c1-10-7(2-3-9-10)4-6(8)5-11/h2-3,6,11H,4-5,8H2,1H3. The van der Waals surface area contributed by atoms with Gasteiger partial charge in [-0.1, -0.05) is 0 Å². The molecular formula is C7H13N3O. The second-order valence-corrected chi connectivity index (χ2v) is 2.59. The highest BCUT2D eigenvalue weighted by molar-refractivity contribution is 5.01. The van der Waals surface area contributed by atoms with E-state index in [2.05, 4.69) is 5.10 Å². The molecule has 0 aliphatic rings. The fourth-order valence-corrected chi connectivity index (χ4v) is 0.935. The number of aryl methyl sites for hydroxylation is 1. The van der Waals surface area contributed by atoms with Gasteiger partial charge in [-0.05, 0) is 6.07 Å². The first-order valence-electron chi connectivity index (χ1n) is 3.57. The third-order valence-electron chi connectivity index (χ3n) is 1.63. The summed E-state index contributed by atoms with van der Waals surface area (Å²) in [5.41, 5.74) is 6.59. The summed E-state index contributed by atoms with van der Waals surface area (Å²) in [4.78, 5) is 0. The van der Waals surface area contributed by atoms with Gasteiger partial charge in [0.1, 0.15) is 0 Å². The quantitative estimate of drug-likeness (QED) is 0.605. The highest BCUT2D eigenvalue weighted by atomic mass is 16.3. The van der Waals surface area contributed by atoms with E-state index in [0.29, 0.717) is 6.42 Å². The van der Waals surface area contributed by atoms with E-state index < -0.39 is 0 Å². The van der Waals surface area contributed by atoms with Crippen LogP contribution in [-0.4, -0.2) is 27.5 Å².